The molecular weight excluding hydrogens is 342 g/mol. The fourth-order valence-electron chi connectivity index (χ4n) is 3.61. The molecule has 0 aliphatic carbocycles. The Balaban J connectivity index is 1.58. The van der Waals surface area contributed by atoms with E-state index in [2.05, 4.69) is 29.4 Å². The van der Waals surface area contributed by atoms with E-state index in [0.29, 0.717) is 11.4 Å². The van der Waals surface area contributed by atoms with Crippen LogP contribution in [0.5, 0.6) is 17.2 Å². The number of hydrogen-bond acceptors (Lipinski definition) is 6. The Bertz CT molecular complexity index is 908. The summed E-state index contributed by atoms with van der Waals surface area (Å²) in [6.07, 6.45) is 4.92. The number of benzene rings is 2. The van der Waals surface area contributed by atoms with E-state index in [0.717, 1.165) is 35.0 Å². The lowest BCUT2D eigenvalue weighted by Crippen LogP contribution is -2.29. The number of fused-ring (bicyclic) bond motifs is 1. The number of nitrogens with one attached hydrogen (secondary N) is 1. The molecule has 2 aromatic carbocycles. The van der Waals surface area contributed by atoms with Crippen LogP contribution in [0.1, 0.15) is 24.8 Å². The van der Waals surface area contributed by atoms with Gasteiger partial charge in [-0.05, 0) is 36.2 Å². The summed E-state index contributed by atoms with van der Waals surface area (Å²) in [5, 5.41) is 3.46. The SMILES string of the molecule is CCC1C(Nc2ccc3c(c2)OCO3)=NC=CC1c1ccc(OC)c(N)c1. The maximum absolute atomic E-state index is 6.12. The molecule has 0 fully saturated rings. The number of nitrogens with two attached hydrogens (primary N) is 1. The van der Waals surface area contributed by atoms with Gasteiger partial charge in [-0.1, -0.05) is 19.1 Å². The summed E-state index contributed by atoms with van der Waals surface area (Å²) in [5.74, 6) is 3.55. The molecule has 0 spiro atoms. The molecule has 0 saturated heterocycles. The summed E-state index contributed by atoms with van der Waals surface area (Å²) >= 11 is 0. The minimum atomic E-state index is 0.192. The average molecular weight is 365 g/mol. The van der Waals surface area contributed by atoms with Gasteiger partial charge in [-0.2, -0.15) is 0 Å². The van der Waals surface area contributed by atoms with E-state index in [4.69, 9.17) is 19.9 Å². The molecule has 4 rings (SSSR count). The first-order valence-corrected chi connectivity index (χ1v) is 9.04. The van der Waals surface area contributed by atoms with Crippen LogP contribution in [0.15, 0.2) is 53.7 Å². The Morgan fingerprint density at radius 1 is 1.19 bits per heavy atom. The summed E-state index contributed by atoms with van der Waals surface area (Å²) in [6, 6.07) is 11.8. The van der Waals surface area contributed by atoms with Gasteiger partial charge in [-0.3, -0.25) is 0 Å². The lowest BCUT2D eigenvalue weighted by Gasteiger charge is -2.29. The van der Waals surface area contributed by atoms with Gasteiger partial charge >= 0.3 is 0 Å². The van der Waals surface area contributed by atoms with Crippen LogP contribution in [0.25, 0.3) is 0 Å². The minimum Gasteiger partial charge on any atom is -0.495 e. The zero-order valence-corrected chi connectivity index (χ0v) is 15.4. The minimum absolute atomic E-state index is 0.192. The van der Waals surface area contributed by atoms with Crippen LogP contribution in [-0.4, -0.2) is 19.7 Å². The first-order valence-electron chi connectivity index (χ1n) is 9.04. The fraction of sp³-hybridized carbons (Fsp3) is 0.286. The molecule has 2 heterocycles. The van der Waals surface area contributed by atoms with Gasteiger partial charge in [-0.25, -0.2) is 4.99 Å². The number of rotatable bonds is 4. The summed E-state index contributed by atoms with van der Waals surface area (Å²) < 4.78 is 16.1. The van der Waals surface area contributed by atoms with Crippen LogP contribution >= 0.6 is 0 Å². The number of aliphatic imine (C=N–C) groups is 1. The van der Waals surface area contributed by atoms with Crippen molar-refractivity contribution < 1.29 is 14.2 Å². The molecule has 0 aromatic heterocycles. The van der Waals surface area contributed by atoms with Gasteiger partial charge in [0.2, 0.25) is 6.79 Å². The van der Waals surface area contributed by atoms with Crippen molar-refractivity contribution in [2.75, 3.05) is 25.0 Å². The Kier molecular flexibility index (Phi) is 4.62. The van der Waals surface area contributed by atoms with E-state index < -0.39 is 0 Å². The van der Waals surface area contributed by atoms with Crippen molar-refractivity contribution in [1.82, 2.24) is 0 Å². The highest BCUT2D eigenvalue weighted by Gasteiger charge is 2.28. The molecule has 0 bridgehead atoms. The van der Waals surface area contributed by atoms with E-state index in [1.54, 1.807) is 7.11 Å². The standard InChI is InChI=1S/C21H23N3O3/c1-3-15-16(13-4-6-18(25-2)17(22)10-13)8-9-23-21(15)24-14-5-7-19-20(11-14)27-12-26-19/h4-11,15-16H,3,12,22H2,1-2H3,(H,23,24). The topological polar surface area (TPSA) is 78.1 Å². The van der Waals surface area contributed by atoms with E-state index in [-0.39, 0.29) is 18.6 Å². The Morgan fingerprint density at radius 2 is 2.04 bits per heavy atom. The number of methoxy groups -OCH3 is 1. The van der Waals surface area contributed by atoms with Crippen LogP contribution in [0.4, 0.5) is 11.4 Å². The van der Waals surface area contributed by atoms with E-state index in [1.807, 2.05) is 36.5 Å². The van der Waals surface area contributed by atoms with Gasteiger partial charge in [0.15, 0.2) is 11.5 Å². The van der Waals surface area contributed by atoms with E-state index in [9.17, 15) is 0 Å². The molecular formula is C21H23N3O3. The molecule has 0 saturated carbocycles. The number of hydrogen-bond donors (Lipinski definition) is 2. The largest absolute Gasteiger partial charge is 0.495 e. The zero-order valence-electron chi connectivity index (χ0n) is 15.4. The molecule has 2 aromatic rings. The molecule has 2 atom stereocenters. The molecule has 27 heavy (non-hydrogen) atoms. The number of anilines is 2. The third kappa shape index (κ3) is 3.30. The van der Waals surface area contributed by atoms with E-state index in [1.165, 1.54) is 0 Å². The number of allylic oxidation sites excluding steroid dienone is 1. The van der Waals surface area contributed by atoms with Gasteiger partial charge in [0, 0.05) is 29.8 Å². The molecule has 0 amide bonds. The van der Waals surface area contributed by atoms with Crippen LogP contribution < -0.4 is 25.3 Å². The van der Waals surface area contributed by atoms with Gasteiger partial charge in [0.05, 0.1) is 12.8 Å². The van der Waals surface area contributed by atoms with Crippen molar-refractivity contribution in [1.29, 1.82) is 0 Å². The maximum Gasteiger partial charge on any atom is 0.231 e. The molecule has 6 nitrogen and oxygen atoms in total. The Morgan fingerprint density at radius 3 is 2.81 bits per heavy atom. The monoisotopic (exact) mass is 365 g/mol. The number of amidine groups is 1. The van der Waals surface area contributed by atoms with Crippen molar-refractivity contribution in [2.45, 2.75) is 19.3 Å². The third-order valence-electron chi connectivity index (χ3n) is 5.02. The normalized spacial score (nSPS) is 20.3. The Labute approximate surface area is 158 Å². The van der Waals surface area contributed by atoms with Crippen LogP contribution in [0.3, 0.4) is 0 Å². The second kappa shape index (κ2) is 7.23. The van der Waals surface area contributed by atoms with Crippen molar-refractivity contribution in [3.05, 3.63) is 54.2 Å². The van der Waals surface area contributed by atoms with Crippen LogP contribution in [0.2, 0.25) is 0 Å². The Hall–Kier alpha value is -3.15. The average Bonchev–Trinajstić information content (AvgIpc) is 3.15. The van der Waals surface area contributed by atoms with Gasteiger partial charge < -0.3 is 25.3 Å². The summed E-state index contributed by atoms with van der Waals surface area (Å²) in [7, 11) is 1.63. The molecule has 140 valence electrons. The predicted molar refractivity (Wildman–Crippen MR) is 107 cm³/mol. The zero-order chi connectivity index (χ0) is 18.8. The second-order valence-electron chi connectivity index (χ2n) is 6.59. The van der Waals surface area contributed by atoms with Crippen molar-refractivity contribution in [3.63, 3.8) is 0 Å². The predicted octanol–water partition coefficient (Wildman–Crippen LogP) is 4.15. The van der Waals surface area contributed by atoms with E-state index >= 15 is 0 Å². The molecule has 6 heteroatoms. The highest BCUT2D eigenvalue weighted by Crippen LogP contribution is 2.37. The van der Waals surface area contributed by atoms with Crippen LogP contribution in [0, 0.1) is 5.92 Å². The van der Waals surface area contributed by atoms with Crippen LogP contribution in [-0.2, 0) is 0 Å². The molecule has 0 radical (unpaired) electrons. The van der Waals surface area contributed by atoms with Crippen molar-refractivity contribution in [2.24, 2.45) is 10.9 Å². The first-order chi connectivity index (χ1) is 13.2. The van der Waals surface area contributed by atoms with Gasteiger partial charge in [0.25, 0.3) is 0 Å². The second-order valence-corrected chi connectivity index (χ2v) is 6.59. The lowest BCUT2D eigenvalue weighted by atomic mass is 9.82. The number of ether oxygens (including phenoxy) is 3. The highest BCUT2D eigenvalue weighted by atomic mass is 16.7. The summed E-state index contributed by atoms with van der Waals surface area (Å²) in [6.45, 7) is 2.43. The maximum atomic E-state index is 6.12. The fourth-order valence-corrected chi connectivity index (χ4v) is 3.61. The van der Waals surface area contributed by atoms with Gasteiger partial charge in [0.1, 0.15) is 11.6 Å². The number of nitrogens with zero attached hydrogens (tertiary/aromatic N) is 1. The first kappa shape index (κ1) is 17.3. The molecule has 2 aliphatic heterocycles. The van der Waals surface area contributed by atoms with Crippen molar-refractivity contribution >= 4 is 17.2 Å². The highest BCUT2D eigenvalue weighted by molar-refractivity contribution is 5.99. The summed E-state index contributed by atoms with van der Waals surface area (Å²) in [5.41, 5.74) is 8.84. The smallest absolute Gasteiger partial charge is 0.231 e. The molecule has 2 unspecified atom stereocenters. The quantitative estimate of drug-likeness (QED) is 0.796. The molecule has 3 N–H and O–H groups in total. The lowest BCUT2D eigenvalue weighted by molar-refractivity contribution is 0.174. The van der Waals surface area contributed by atoms with Crippen molar-refractivity contribution in [3.8, 4) is 17.2 Å². The van der Waals surface area contributed by atoms with Gasteiger partial charge in [-0.15, -0.1) is 0 Å². The molecule has 2 aliphatic rings. The number of nitrogen functional groups attached to an aromatic ring is 1. The summed E-state index contributed by atoms with van der Waals surface area (Å²) in [4.78, 5) is 4.60. The third-order valence-corrected chi connectivity index (χ3v) is 5.02.